The summed E-state index contributed by atoms with van der Waals surface area (Å²) < 4.78 is 26.2. The first-order valence-corrected chi connectivity index (χ1v) is 7.14. The Bertz CT molecular complexity index is 827. The van der Waals surface area contributed by atoms with Gasteiger partial charge < -0.3 is 10.6 Å². The van der Waals surface area contributed by atoms with Crippen molar-refractivity contribution < 1.29 is 23.3 Å². The highest BCUT2D eigenvalue weighted by molar-refractivity contribution is 5.95. The summed E-state index contributed by atoms with van der Waals surface area (Å²) in [6.45, 7) is -0.0869. The number of nitrogens with zero attached hydrogens (tertiary/aromatic N) is 1. The van der Waals surface area contributed by atoms with Crippen LogP contribution >= 0.6 is 0 Å². The normalized spacial score (nSPS) is 10.2. The van der Waals surface area contributed by atoms with Crippen LogP contribution < -0.4 is 10.6 Å². The minimum atomic E-state index is -1.00. The van der Waals surface area contributed by atoms with Crippen molar-refractivity contribution in [3.63, 3.8) is 0 Å². The van der Waals surface area contributed by atoms with E-state index >= 15 is 0 Å². The highest BCUT2D eigenvalue weighted by Crippen LogP contribution is 2.17. The van der Waals surface area contributed by atoms with E-state index in [2.05, 4.69) is 10.6 Å². The molecule has 2 N–H and O–H groups in total. The Hall–Kier alpha value is -3.36. The summed E-state index contributed by atoms with van der Waals surface area (Å²) in [5, 5.41) is 15.4. The maximum atomic E-state index is 13.4. The van der Waals surface area contributed by atoms with Crippen molar-refractivity contribution in [2.75, 3.05) is 11.9 Å². The molecule has 25 heavy (non-hydrogen) atoms. The molecule has 0 saturated carbocycles. The summed E-state index contributed by atoms with van der Waals surface area (Å²) in [4.78, 5) is 33.6. The number of benzene rings is 2. The number of hydrogen-bond donors (Lipinski definition) is 2. The molecule has 0 aliphatic heterocycles. The molecule has 2 rings (SSSR count). The minimum absolute atomic E-state index is 0.0869. The van der Waals surface area contributed by atoms with Crippen molar-refractivity contribution >= 4 is 23.2 Å². The number of carbonyl (C=O) groups excluding carboxylic acids is 2. The number of halogens is 2. The average molecular weight is 349 g/mol. The van der Waals surface area contributed by atoms with Crippen LogP contribution in [0.25, 0.3) is 0 Å². The fourth-order valence-electron chi connectivity index (χ4n) is 1.98. The van der Waals surface area contributed by atoms with Gasteiger partial charge in [0.05, 0.1) is 10.5 Å². The number of anilines is 1. The third-order valence-electron chi connectivity index (χ3n) is 3.15. The van der Waals surface area contributed by atoms with Crippen LogP contribution in [0.2, 0.25) is 0 Å². The summed E-state index contributed by atoms with van der Waals surface area (Å²) in [6.07, 6.45) is -0.128. The molecule has 0 saturated heterocycles. The second kappa shape index (κ2) is 7.95. The molecule has 0 atom stereocenters. The molecule has 0 aliphatic carbocycles. The zero-order chi connectivity index (χ0) is 18.4. The lowest BCUT2D eigenvalue weighted by Crippen LogP contribution is -2.28. The van der Waals surface area contributed by atoms with Crippen molar-refractivity contribution in [1.82, 2.24) is 5.32 Å². The lowest BCUT2D eigenvalue weighted by atomic mass is 10.2. The molecule has 130 valence electrons. The van der Waals surface area contributed by atoms with Gasteiger partial charge in [-0.2, -0.15) is 0 Å². The van der Waals surface area contributed by atoms with Crippen LogP contribution in [0.1, 0.15) is 16.8 Å². The highest BCUT2D eigenvalue weighted by Gasteiger charge is 2.13. The molecule has 2 amide bonds. The molecule has 0 heterocycles. The molecule has 0 bridgehead atoms. The van der Waals surface area contributed by atoms with Crippen LogP contribution in [0, 0.1) is 21.7 Å². The maximum absolute atomic E-state index is 13.4. The predicted molar refractivity (Wildman–Crippen MR) is 85.0 cm³/mol. The zero-order valence-electron chi connectivity index (χ0n) is 12.8. The molecule has 0 aliphatic rings. The largest absolute Gasteiger partial charge is 0.351 e. The van der Waals surface area contributed by atoms with Gasteiger partial charge in [-0.1, -0.05) is 6.07 Å². The summed E-state index contributed by atoms with van der Waals surface area (Å²) in [5.41, 5.74) is -0.256. The number of amides is 2. The molecule has 0 spiro atoms. The quantitative estimate of drug-likeness (QED) is 0.618. The SMILES string of the molecule is O=C(CCNC(=O)c1ccc(F)cc1F)Nc1cccc([N+](=O)[O-])c1. The van der Waals surface area contributed by atoms with E-state index in [4.69, 9.17) is 0 Å². The molecule has 2 aromatic rings. The van der Waals surface area contributed by atoms with Crippen molar-refractivity contribution in [3.8, 4) is 0 Å². The van der Waals surface area contributed by atoms with E-state index in [0.29, 0.717) is 6.07 Å². The van der Waals surface area contributed by atoms with Gasteiger partial charge in [0.25, 0.3) is 11.6 Å². The number of nitro groups is 1. The van der Waals surface area contributed by atoms with Gasteiger partial charge in [0.1, 0.15) is 11.6 Å². The summed E-state index contributed by atoms with van der Waals surface area (Å²) in [7, 11) is 0. The van der Waals surface area contributed by atoms with Gasteiger partial charge in [-0.05, 0) is 18.2 Å². The van der Waals surface area contributed by atoms with Crippen LogP contribution in [0.15, 0.2) is 42.5 Å². The molecular formula is C16H13F2N3O4. The molecular weight excluding hydrogens is 336 g/mol. The molecule has 0 aromatic heterocycles. The fourth-order valence-corrected chi connectivity index (χ4v) is 1.98. The number of rotatable bonds is 6. The van der Waals surface area contributed by atoms with Gasteiger partial charge in [-0.3, -0.25) is 19.7 Å². The van der Waals surface area contributed by atoms with Crippen LogP contribution in [-0.2, 0) is 4.79 Å². The van der Waals surface area contributed by atoms with Crippen LogP contribution in [0.4, 0.5) is 20.2 Å². The molecule has 7 nitrogen and oxygen atoms in total. The van der Waals surface area contributed by atoms with Gasteiger partial charge in [0.2, 0.25) is 5.91 Å². The van der Waals surface area contributed by atoms with Crippen molar-refractivity contribution in [2.45, 2.75) is 6.42 Å². The minimum Gasteiger partial charge on any atom is -0.351 e. The average Bonchev–Trinajstić information content (AvgIpc) is 2.54. The Balaban J connectivity index is 1.85. The number of nitro benzene ring substituents is 1. The lowest BCUT2D eigenvalue weighted by molar-refractivity contribution is -0.384. The van der Waals surface area contributed by atoms with E-state index in [0.717, 1.165) is 12.1 Å². The van der Waals surface area contributed by atoms with E-state index in [1.165, 1.54) is 24.3 Å². The maximum Gasteiger partial charge on any atom is 0.271 e. The third kappa shape index (κ3) is 5.06. The monoisotopic (exact) mass is 349 g/mol. The van der Waals surface area contributed by atoms with Crippen LogP contribution in [0.3, 0.4) is 0 Å². The molecule has 2 aromatic carbocycles. The van der Waals surface area contributed by atoms with E-state index < -0.39 is 28.4 Å². The number of carbonyl (C=O) groups is 2. The summed E-state index contributed by atoms with van der Waals surface area (Å²) in [6, 6.07) is 7.93. The first-order valence-electron chi connectivity index (χ1n) is 7.14. The Morgan fingerprint density at radius 1 is 1.12 bits per heavy atom. The number of nitrogens with one attached hydrogen (secondary N) is 2. The van der Waals surface area contributed by atoms with Crippen molar-refractivity contribution in [2.24, 2.45) is 0 Å². The van der Waals surface area contributed by atoms with E-state index in [1.807, 2.05) is 0 Å². The molecule has 0 fully saturated rings. The first kappa shape index (κ1) is 18.0. The van der Waals surface area contributed by atoms with Crippen molar-refractivity contribution in [1.29, 1.82) is 0 Å². The van der Waals surface area contributed by atoms with Gasteiger partial charge in [-0.15, -0.1) is 0 Å². The standard InChI is InChI=1S/C16H13F2N3O4/c17-10-4-5-13(14(18)8-10)16(23)19-7-6-15(22)20-11-2-1-3-12(9-11)21(24)25/h1-5,8-9H,6-7H2,(H,19,23)(H,20,22). The number of hydrogen-bond acceptors (Lipinski definition) is 4. The highest BCUT2D eigenvalue weighted by atomic mass is 19.1. The topological polar surface area (TPSA) is 101 Å². The molecule has 0 radical (unpaired) electrons. The second-order valence-corrected chi connectivity index (χ2v) is 4.99. The predicted octanol–water partition coefficient (Wildman–Crippen LogP) is 2.63. The Morgan fingerprint density at radius 2 is 1.88 bits per heavy atom. The third-order valence-corrected chi connectivity index (χ3v) is 3.15. The van der Waals surface area contributed by atoms with Crippen LogP contribution in [0.5, 0.6) is 0 Å². The van der Waals surface area contributed by atoms with E-state index in [-0.39, 0.29) is 29.9 Å². The zero-order valence-corrected chi connectivity index (χ0v) is 12.8. The van der Waals surface area contributed by atoms with E-state index in [1.54, 1.807) is 0 Å². The first-order chi connectivity index (χ1) is 11.9. The molecule has 0 unspecified atom stereocenters. The Labute approximate surface area is 140 Å². The van der Waals surface area contributed by atoms with Crippen molar-refractivity contribution in [3.05, 3.63) is 69.8 Å². The fraction of sp³-hybridized carbons (Fsp3) is 0.125. The second-order valence-electron chi connectivity index (χ2n) is 4.99. The van der Waals surface area contributed by atoms with Crippen LogP contribution in [-0.4, -0.2) is 23.3 Å². The van der Waals surface area contributed by atoms with Gasteiger partial charge in [0.15, 0.2) is 0 Å². The lowest BCUT2D eigenvalue weighted by Gasteiger charge is -2.07. The summed E-state index contributed by atoms with van der Waals surface area (Å²) >= 11 is 0. The summed E-state index contributed by atoms with van der Waals surface area (Å²) in [5.74, 6) is -3.06. The van der Waals surface area contributed by atoms with E-state index in [9.17, 15) is 28.5 Å². The number of non-ortho nitro benzene ring substituents is 1. The Kier molecular flexibility index (Phi) is 5.72. The molecule has 9 heteroatoms. The van der Waals surface area contributed by atoms with Gasteiger partial charge in [-0.25, -0.2) is 8.78 Å². The van der Waals surface area contributed by atoms with Gasteiger partial charge in [0, 0.05) is 36.9 Å². The smallest absolute Gasteiger partial charge is 0.271 e. The van der Waals surface area contributed by atoms with Gasteiger partial charge >= 0.3 is 0 Å². The Morgan fingerprint density at radius 3 is 2.56 bits per heavy atom.